The van der Waals surface area contributed by atoms with E-state index in [0.29, 0.717) is 0 Å². The molecular weight excluding hydrogens is 131 g/mol. The second-order valence-electron chi connectivity index (χ2n) is 1.77. The highest BCUT2D eigenvalue weighted by molar-refractivity contribution is 7.46. The fourth-order valence-electron chi connectivity index (χ4n) is 0.785. The first kappa shape index (κ1) is 6.63. The second kappa shape index (κ2) is 2.88. The van der Waals surface area contributed by atoms with Crippen LogP contribution < -0.4 is 10.8 Å². The van der Waals surface area contributed by atoms with Crippen LogP contribution in [0.1, 0.15) is 0 Å². The molecule has 0 aliphatic rings. The third-order valence-electron chi connectivity index (χ3n) is 1.27. The van der Waals surface area contributed by atoms with Gasteiger partial charge in [-0.25, -0.2) is 0 Å². The Hall–Kier alpha value is -0.490. The number of hydrogen-bond donors (Lipinski definition) is 2. The Morgan fingerprint density at radius 3 is 2.89 bits per heavy atom. The summed E-state index contributed by atoms with van der Waals surface area (Å²) in [6.07, 6.45) is 1.96. The molecule has 0 aliphatic heterocycles. The molecule has 1 heterocycles. The molecule has 0 bridgehead atoms. The lowest BCUT2D eigenvalue weighted by Gasteiger charge is -1.97. The summed E-state index contributed by atoms with van der Waals surface area (Å²) >= 11 is 0. The zero-order valence-corrected chi connectivity index (χ0v) is 6.65. The van der Waals surface area contributed by atoms with Gasteiger partial charge in [0.15, 0.2) is 0 Å². The topological polar surface area (TPSA) is 27.8 Å². The molecule has 0 aromatic carbocycles. The van der Waals surface area contributed by atoms with Gasteiger partial charge < -0.3 is 10.3 Å². The van der Waals surface area contributed by atoms with Crippen molar-refractivity contribution >= 4 is 19.7 Å². The zero-order valence-electron chi connectivity index (χ0n) is 5.65. The van der Waals surface area contributed by atoms with Gasteiger partial charge in [0.1, 0.15) is 0 Å². The van der Waals surface area contributed by atoms with Gasteiger partial charge in [-0.1, -0.05) is 8.58 Å². The minimum atomic E-state index is 0.842. The molecule has 2 nitrogen and oxygen atoms in total. The first-order valence-electron chi connectivity index (χ1n) is 2.91. The predicted octanol–water partition coefficient (Wildman–Crippen LogP) is 0.990. The van der Waals surface area contributed by atoms with Crippen LogP contribution >= 0.6 is 8.58 Å². The number of aromatic nitrogens is 1. The summed E-state index contributed by atoms with van der Waals surface area (Å²) in [7, 11) is 2.78. The summed E-state index contributed by atoms with van der Waals surface area (Å²) in [6.45, 7) is 2.16. The maximum Gasteiger partial charge on any atom is 0.0591 e. The van der Waals surface area contributed by atoms with Gasteiger partial charge in [0.05, 0.1) is 11.1 Å². The number of hydrogen-bond acceptors (Lipinski definition) is 1. The highest BCUT2D eigenvalue weighted by Crippen LogP contribution is 2.10. The van der Waals surface area contributed by atoms with Gasteiger partial charge in [-0.2, -0.15) is 0 Å². The highest BCUT2D eigenvalue weighted by Gasteiger charge is 1.95. The van der Waals surface area contributed by atoms with Crippen LogP contribution in [0.5, 0.6) is 0 Å². The predicted molar refractivity (Wildman–Crippen MR) is 44.2 cm³/mol. The van der Waals surface area contributed by atoms with Crippen molar-refractivity contribution in [2.24, 2.45) is 0 Å². The summed E-state index contributed by atoms with van der Waals surface area (Å²) in [4.78, 5) is 3.16. The lowest BCUT2D eigenvalue weighted by molar-refractivity contribution is 1.47. The Morgan fingerprint density at radius 2 is 2.44 bits per heavy atom. The van der Waals surface area contributed by atoms with E-state index in [4.69, 9.17) is 0 Å². The molecule has 50 valence electrons. The van der Waals surface area contributed by atoms with Crippen molar-refractivity contribution in [2.75, 3.05) is 19.0 Å². The van der Waals surface area contributed by atoms with Gasteiger partial charge in [-0.15, -0.1) is 0 Å². The normalized spacial score (nSPS) is 10.9. The van der Waals surface area contributed by atoms with E-state index in [2.05, 4.69) is 17.0 Å². The van der Waals surface area contributed by atoms with Crippen LogP contribution in [0.25, 0.3) is 0 Å². The number of rotatable bonds is 2. The minimum Gasteiger partial charge on any atom is -0.386 e. The largest absolute Gasteiger partial charge is 0.386 e. The molecule has 2 N–H and O–H groups in total. The second-order valence-corrected chi connectivity index (χ2v) is 2.77. The van der Waals surface area contributed by atoms with E-state index in [1.807, 2.05) is 19.3 Å². The van der Waals surface area contributed by atoms with Crippen molar-refractivity contribution in [2.45, 2.75) is 0 Å². The monoisotopic (exact) mass is 142 g/mol. The maximum absolute atomic E-state index is 3.16. The molecule has 1 unspecified atom stereocenters. The molecular formula is C6H11N2P. The van der Waals surface area contributed by atoms with Crippen molar-refractivity contribution in [1.82, 2.24) is 4.98 Å². The van der Waals surface area contributed by atoms with Crippen molar-refractivity contribution in [3.63, 3.8) is 0 Å². The first-order valence-corrected chi connectivity index (χ1v) is 4.41. The van der Waals surface area contributed by atoms with Crippen LogP contribution in [-0.4, -0.2) is 18.7 Å². The Morgan fingerprint density at radius 1 is 1.67 bits per heavy atom. The van der Waals surface area contributed by atoms with Crippen LogP contribution in [-0.2, 0) is 0 Å². The molecule has 0 saturated heterocycles. The van der Waals surface area contributed by atoms with Crippen LogP contribution in [0.2, 0.25) is 0 Å². The molecule has 0 spiro atoms. The molecule has 0 saturated carbocycles. The first-order chi connectivity index (χ1) is 4.38. The summed E-state index contributed by atoms with van der Waals surface area (Å²) in [6, 6.07) is 2.05. The van der Waals surface area contributed by atoms with Gasteiger partial charge in [0.25, 0.3) is 0 Å². The van der Waals surface area contributed by atoms with E-state index in [-0.39, 0.29) is 0 Å². The van der Waals surface area contributed by atoms with E-state index in [1.54, 1.807) is 0 Å². The van der Waals surface area contributed by atoms with E-state index in [9.17, 15) is 0 Å². The molecule has 1 rings (SSSR count). The Kier molecular flexibility index (Phi) is 2.12. The van der Waals surface area contributed by atoms with Gasteiger partial charge in [-0.05, 0) is 12.7 Å². The molecule has 0 amide bonds. The minimum absolute atomic E-state index is 0.842. The highest BCUT2D eigenvalue weighted by atomic mass is 31.1. The number of anilines is 1. The van der Waals surface area contributed by atoms with Crippen LogP contribution in [0.15, 0.2) is 12.3 Å². The van der Waals surface area contributed by atoms with E-state index >= 15 is 0 Å². The molecule has 1 aromatic rings. The lowest BCUT2D eigenvalue weighted by Crippen LogP contribution is -2.01. The quantitative estimate of drug-likeness (QED) is 0.592. The van der Waals surface area contributed by atoms with Crippen LogP contribution in [0, 0.1) is 0 Å². The fourth-order valence-corrected chi connectivity index (χ4v) is 1.49. The summed E-state index contributed by atoms with van der Waals surface area (Å²) in [5, 5.41) is 3.10. The lowest BCUT2D eigenvalue weighted by atomic mass is 10.5. The third kappa shape index (κ3) is 1.25. The summed E-state index contributed by atoms with van der Waals surface area (Å²) in [5.74, 6) is 0. The zero-order chi connectivity index (χ0) is 6.69. The molecule has 0 aliphatic carbocycles. The molecule has 0 radical (unpaired) electrons. The van der Waals surface area contributed by atoms with Gasteiger partial charge in [0, 0.05) is 13.2 Å². The molecule has 1 aromatic heterocycles. The van der Waals surface area contributed by atoms with E-state index in [0.717, 1.165) is 8.58 Å². The number of H-pyrrole nitrogens is 1. The SMILES string of the molecule is CNc1cc[nH]c1PC. The van der Waals surface area contributed by atoms with Gasteiger partial charge in [0.2, 0.25) is 0 Å². The molecule has 9 heavy (non-hydrogen) atoms. The van der Waals surface area contributed by atoms with Crippen molar-refractivity contribution < 1.29 is 0 Å². The Bertz CT molecular complexity index is 164. The maximum atomic E-state index is 3.16. The number of nitrogens with one attached hydrogen (secondary N) is 2. The fraction of sp³-hybridized carbons (Fsp3) is 0.333. The Labute approximate surface area is 56.8 Å². The average molecular weight is 142 g/mol. The molecule has 0 fully saturated rings. The summed E-state index contributed by atoms with van der Waals surface area (Å²) in [5.41, 5.74) is 2.52. The van der Waals surface area contributed by atoms with Crippen LogP contribution in [0.4, 0.5) is 5.69 Å². The van der Waals surface area contributed by atoms with Crippen molar-refractivity contribution in [1.29, 1.82) is 0 Å². The molecule has 1 atom stereocenters. The van der Waals surface area contributed by atoms with E-state index < -0.39 is 0 Å². The number of aromatic amines is 1. The standard InChI is InChI=1S/C6H11N2P/c1-7-5-3-4-8-6(5)9-2/h3-4,7-9H,1-2H3. The average Bonchev–Trinajstić information content (AvgIpc) is 2.33. The van der Waals surface area contributed by atoms with Crippen LogP contribution in [0.3, 0.4) is 0 Å². The van der Waals surface area contributed by atoms with Crippen molar-refractivity contribution in [3.8, 4) is 0 Å². The van der Waals surface area contributed by atoms with Gasteiger partial charge in [-0.3, -0.25) is 0 Å². The van der Waals surface area contributed by atoms with Crippen molar-refractivity contribution in [3.05, 3.63) is 12.3 Å². The smallest absolute Gasteiger partial charge is 0.0591 e. The summed E-state index contributed by atoms with van der Waals surface area (Å²) < 4.78 is 0. The van der Waals surface area contributed by atoms with Gasteiger partial charge >= 0.3 is 0 Å². The third-order valence-corrected chi connectivity index (χ3v) is 2.18. The Balaban J connectivity index is 2.85. The van der Waals surface area contributed by atoms with E-state index in [1.165, 1.54) is 11.1 Å². The molecule has 3 heteroatoms.